The van der Waals surface area contributed by atoms with Crippen molar-refractivity contribution in [2.75, 3.05) is 0 Å². The Hall–Kier alpha value is -3.61. The highest BCUT2D eigenvalue weighted by atomic mass is 19.4. The summed E-state index contributed by atoms with van der Waals surface area (Å²) in [6, 6.07) is 17.5. The second-order valence-corrected chi connectivity index (χ2v) is 8.60. The van der Waals surface area contributed by atoms with E-state index >= 15 is 0 Å². The van der Waals surface area contributed by atoms with Crippen molar-refractivity contribution >= 4 is 21.8 Å². The fourth-order valence-electron chi connectivity index (χ4n) is 4.59. The maximum atomic E-state index is 13.0. The van der Waals surface area contributed by atoms with E-state index in [1.165, 1.54) is 16.3 Å². The predicted molar refractivity (Wildman–Crippen MR) is 128 cm³/mol. The molecule has 0 aliphatic carbocycles. The predicted octanol–water partition coefficient (Wildman–Crippen LogP) is 7.16. The zero-order valence-electron chi connectivity index (χ0n) is 19.0. The summed E-state index contributed by atoms with van der Waals surface area (Å²) in [5.41, 5.74) is 4.95. The monoisotopic (exact) mass is 461 g/mol. The van der Waals surface area contributed by atoms with Gasteiger partial charge in [-0.15, -0.1) is 0 Å². The molecule has 0 amide bonds. The minimum Gasteiger partial charge on any atom is -0.573 e. The maximum Gasteiger partial charge on any atom is 0.431 e. The van der Waals surface area contributed by atoms with Crippen LogP contribution in [0.25, 0.3) is 44.3 Å². The molecule has 0 bridgehead atoms. The summed E-state index contributed by atoms with van der Waals surface area (Å²) in [6.45, 7) is 2.18. The van der Waals surface area contributed by atoms with Gasteiger partial charge in [0.2, 0.25) is 0 Å². The van der Waals surface area contributed by atoms with E-state index in [0.717, 1.165) is 53.9 Å². The van der Waals surface area contributed by atoms with Gasteiger partial charge in [0.15, 0.2) is 0 Å². The number of aryl methyl sites for hydroxylation is 2. The van der Waals surface area contributed by atoms with Crippen LogP contribution in [0, 0.1) is 0 Å². The van der Waals surface area contributed by atoms with Crippen LogP contribution >= 0.6 is 0 Å². The minimum absolute atomic E-state index is 0.118. The first-order valence-electron chi connectivity index (χ1n) is 11.4. The smallest absolute Gasteiger partial charge is 0.431 e. The first-order valence-corrected chi connectivity index (χ1v) is 11.4. The van der Waals surface area contributed by atoms with Gasteiger partial charge in [-0.05, 0) is 65.9 Å². The molecule has 2 aromatic carbocycles. The third-order valence-electron chi connectivity index (χ3n) is 6.35. The SMILES string of the molecule is CCCCCc1cc2c3ccccc3n(C)c2cc1-c1ccnc(-c2cc(C(F)(F)F)n[n-]2)c1. The summed E-state index contributed by atoms with van der Waals surface area (Å²) >= 11 is 0. The molecular formula is C27H24F3N4-. The fourth-order valence-corrected chi connectivity index (χ4v) is 4.59. The van der Waals surface area contributed by atoms with Crippen LogP contribution in [0.15, 0.2) is 60.8 Å². The number of pyridine rings is 1. The van der Waals surface area contributed by atoms with Crippen LogP contribution in [-0.4, -0.2) is 14.6 Å². The van der Waals surface area contributed by atoms with Crippen LogP contribution in [0.2, 0.25) is 0 Å². The normalized spacial score (nSPS) is 12.1. The maximum absolute atomic E-state index is 13.0. The molecule has 0 fully saturated rings. The first-order chi connectivity index (χ1) is 16.4. The highest BCUT2D eigenvalue weighted by Crippen LogP contribution is 2.36. The number of halogens is 3. The van der Waals surface area contributed by atoms with Crippen molar-refractivity contribution in [3.05, 3.63) is 72.1 Å². The lowest BCUT2D eigenvalue weighted by Crippen LogP contribution is -2.04. The van der Waals surface area contributed by atoms with E-state index < -0.39 is 11.9 Å². The molecule has 34 heavy (non-hydrogen) atoms. The van der Waals surface area contributed by atoms with Crippen LogP contribution in [0.1, 0.15) is 37.4 Å². The molecule has 0 spiro atoms. The number of benzene rings is 2. The number of unbranched alkanes of at least 4 members (excludes halogenated alkanes) is 2. The van der Waals surface area contributed by atoms with Crippen molar-refractivity contribution in [1.82, 2.24) is 19.7 Å². The number of nitrogens with zero attached hydrogens (tertiary/aromatic N) is 4. The third kappa shape index (κ3) is 3.95. The van der Waals surface area contributed by atoms with E-state index in [2.05, 4.69) is 64.1 Å². The van der Waals surface area contributed by atoms with Gasteiger partial charge in [-0.2, -0.15) is 13.2 Å². The van der Waals surface area contributed by atoms with Gasteiger partial charge in [-0.1, -0.05) is 43.7 Å². The molecule has 0 unspecified atom stereocenters. The van der Waals surface area contributed by atoms with Gasteiger partial charge in [0.25, 0.3) is 0 Å². The summed E-state index contributed by atoms with van der Waals surface area (Å²) < 4.78 is 41.2. The molecular weight excluding hydrogens is 437 g/mol. The van der Waals surface area contributed by atoms with Gasteiger partial charge in [0, 0.05) is 40.7 Å². The van der Waals surface area contributed by atoms with Crippen LogP contribution in [0.3, 0.4) is 0 Å². The Balaban J connectivity index is 1.65. The number of alkyl halides is 3. The molecule has 3 aromatic heterocycles. The lowest BCUT2D eigenvalue weighted by molar-refractivity contribution is -0.141. The molecule has 0 atom stereocenters. The zero-order chi connectivity index (χ0) is 23.9. The van der Waals surface area contributed by atoms with Crippen molar-refractivity contribution in [1.29, 1.82) is 0 Å². The highest BCUT2D eigenvalue weighted by Gasteiger charge is 2.31. The van der Waals surface area contributed by atoms with Crippen molar-refractivity contribution in [3.8, 4) is 22.5 Å². The molecule has 5 rings (SSSR count). The molecule has 174 valence electrons. The Labute approximate surface area is 195 Å². The van der Waals surface area contributed by atoms with E-state index in [1.54, 1.807) is 12.3 Å². The van der Waals surface area contributed by atoms with Crippen molar-refractivity contribution in [2.45, 2.75) is 38.8 Å². The van der Waals surface area contributed by atoms with Crippen molar-refractivity contribution < 1.29 is 13.2 Å². The molecule has 0 aliphatic rings. The van der Waals surface area contributed by atoms with E-state index in [-0.39, 0.29) is 5.69 Å². The fraction of sp³-hybridized carbons (Fsp3) is 0.259. The van der Waals surface area contributed by atoms with Crippen LogP contribution in [0.4, 0.5) is 13.2 Å². The molecule has 0 N–H and O–H groups in total. The van der Waals surface area contributed by atoms with Gasteiger partial charge in [0.05, 0.1) is 0 Å². The van der Waals surface area contributed by atoms with E-state index in [9.17, 15) is 13.2 Å². The molecule has 0 aliphatic heterocycles. The molecule has 0 radical (unpaired) electrons. The van der Waals surface area contributed by atoms with Gasteiger partial charge in [0.1, 0.15) is 5.69 Å². The van der Waals surface area contributed by atoms with Gasteiger partial charge in [-0.25, -0.2) is 0 Å². The average Bonchev–Trinajstić information content (AvgIpc) is 3.44. The summed E-state index contributed by atoms with van der Waals surface area (Å²) in [5.74, 6) is 0. The summed E-state index contributed by atoms with van der Waals surface area (Å²) in [4.78, 5) is 4.28. The Bertz CT molecular complexity index is 1480. The topological polar surface area (TPSA) is 44.8 Å². The van der Waals surface area contributed by atoms with Crippen molar-refractivity contribution in [3.63, 3.8) is 0 Å². The quantitative estimate of drug-likeness (QED) is 0.252. The lowest BCUT2D eigenvalue weighted by Gasteiger charge is -2.13. The van der Waals surface area contributed by atoms with Crippen molar-refractivity contribution in [2.24, 2.45) is 7.05 Å². The average molecular weight is 462 g/mol. The Morgan fingerprint density at radius 1 is 0.941 bits per heavy atom. The Morgan fingerprint density at radius 2 is 1.76 bits per heavy atom. The number of hydrogen-bond donors (Lipinski definition) is 0. The second kappa shape index (κ2) is 8.63. The standard InChI is InChI=1S/C27H24F3N4/c1-3-4-5-8-17-13-21-19-9-6-7-10-24(19)34(2)25(21)15-20(17)18-11-12-31-22(14-18)23-16-26(33-32-23)27(28,29)30/h6-7,9-16H,3-5,8H2,1-2H3/q-1. The lowest BCUT2D eigenvalue weighted by atomic mass is 9.93. The van der Waals surface area contributed by atoms with Crippen LogP contribution < -0.4 is 5.10 Å². The second-order valence-electron chi connectivity index (χ2n) is 8.60. The number of hydrogen-bond acceptors (Lipinski definition) is 2. The van der Waals surface area contributed by atoms with E-state index in [4.69, 9.17) is 0 Å². The molecule has 3 heterocycles. The summed E-state index contributed by atoms with van der Waals surface area (Å²) in [7, 11) is 2.06. The van der Waals surface area contributed by atoms with Crippen LogP contribution in [0.5, 0.6) is 0 Å². The van der Waals surface area contributed by atoms with Gasteiger partial charge >= 0.3 is 6.18 Å². The number of rotatable bonds is 6. The zero-order valence-corrected chi connectivity index (χ0v) is 19.0. The summed E-state index contributed by atoms with van der Waals surface area (Å²) in [5, 5.41) is 9.44. The molecule has 7 heteroatoms. The number of para-hydroxylation sites is 1. The number of aromatic nitrogens is 4. The highest BCUT2D eigenvalue weighted by molar-refractivity contribution is 6.09. The molecule has 4 nitrogen and oxygen atoms in total. The third-order valence-corrected chi connectivity index (χ3v) is 6.35. The largest absolute Gasteiger partial charge is 0.573 e. The Morgan fingerprint density at radius 3 is 2.53 bits per heavy atom. The van der Waals surface area contributed by atoms with E-state index in [1.807, 2.05) is 12.1 Å². The molecule has 0 saturated heterocycles. The minimum atomic E-state index is -4.53. The van der Waals surface area contributed by atoms with E-state index in [0.29, 0.717) is 5.69 Å². The number of fused-ring (bicyclic) bond motifs is 3. The molecule has 0 saturated carbocycles. The van der Waals surface area contributed by atoms with Gasteiger partial charge < -0.3 is 14.8 Å². The van der Waals surface area contributed by atoms with Crippen LogP contribution in [-0.2, 0) is 19.6 Å². The Kier molecular flexibility index (Phi) is 5.63. The summed E-state index contributed by atoms with van der Waals surface area (Å²) in [6.07, 6.45) is 1.35. The first kappa shape index (κ1) is 22.2. The molecule has 5 aromatic rings. The van der Waals surface area contributed by atoms with Gasteiger partial charge in [-0.3, -0.25) is 4.98 Å².